The molecule has 2 aromatic rings. The summed E-state index contributed by atoms with van der Waals surface area (Å²) >= 11 is 0. The van der Waals surface area contributed by atoms with E-state index in [0.717, 1.165) is 75.7 Å². The van der Waals surface area contributed by atoms with Gasteiger partial charge >= 0.3 is 0 Å². The van der Waals surface area contributed by atoms with Gasteiger partial charge in [0, 0.05) is 40.3 Å². The van der Waals surface area contributed by atoms with Crippen molar-refractivity contribution < 1.29 is 9.47 Å². The van der Waals surface area contributed by atoms with Gasteiger partial charge < -0.3 is 24.3 Å². The average Bonchev–Trinajstić information content (AvgIpc) is 3.13. The topological polar surface area (TPSA) is 80.0 Å². The molecule has 9 heteroatoms. The van der Waals surface area contributed by atoms with E-state index in [9.17, 15) is 0 Å². The van der Waals surface area contributed by atoms with Crippen LogP contribution >= 0.6 is 0 Å². The van der Waals surface area contributed by atoms with Crippen molar-refractivity contribution in [2.45, 2.75) is 33.4 Å². The lowest BCUT2D eigenvalue weighted by atomic mass is 10.2. The third kappa shape index (κ3) is 7.20. The maximum absolute atomic E-state index is 5.55. The zero-order valence-corrected chi connectivity index (χ0v) is 19.9. The number of hydrogen-bond acceptors (Lipinski definition) is 6. The molecule has 0 amide bonds. The van der Waals surface area contributed by atoms with Crippen LogP contribution in [0, 0.1) is 6.92 Å². The van der Waals surface area contributed by atoms with Gasteiger partial charge in [0.2, 0.25) is 0 Å². The lowest BCUT2D eigenvalue weighted by Crippen LogP contribution is -2.41. The van der Waals surface area contributed by atoms with Crippen LogP contribution in [0.3, 0.4) is 0 Å². The predicted octanol–water partition coefficient (Wildman–Crippen LogP) is 1.82. The van der Waals surface area contributed by atoms with E-state index in [-0.39, 0.29) is 0 Å². The van der Waals surface area contributed by atoms with E-state index in [2.05, 4.69) is 44.5 Å². The summed E-state index contributed by atoms with van der Waals surface area (Å²) in [5.41, 5.74) is 1.20. The largest absolute Gasteiger partial charge is 0.494 e. The van der Waals surface area contributed by atoms with Crippen LogP contribution in [-0.4, -0.2) is 83.6 Å². The molecule has 0 bridgehead atoms. The lowest BCUT2D eigenvalue weighted by Gasteiger charge is -2.27. The molecule has 1 aliphatic heterocycles. The molecule has 9 nitrogen and oxygen atoms in total. The molecule has 1 aromatic carbocycles. The Morgan fingerprint density at radius 3 is 2.62 bits per heavy atom. The van der Waals surface area contributed by atoms with Gasteiger partial charge in [0.15, 0.2) is 11.8 Å². The van der Waals surface area contributed by atoms with Crippen molar-refractivity contribution in [3.05, 3.63) is 41.5 Å². The molecule has 2 heterocycles. The van der Waals surface area contributed by atoms with Crippen molar-refractivity contribution in [2.75, 3.05) is 53.0 Å². The Balaban J connectivity index is 1.60. The Kier molecular flexibility index (Phi) is 9.30. The van der Waals surface area contributed by atoms with E-state index < -0.39 is 0 Å². The second kappa shape index (κ2) is 12.4. The highest BCUT2D eigenvalue weighted by Crippen LogP contribution is 2.13. The molecule has 0 radical (unpaired) electrons. The van der Waals surface area contributed by atoms with Crippen LogP contribution < -0.4 is 10.1 Å². The summed E-state index contributed by atoms with van der Waals surface area (Å²) in [7, 11) is 4.03. The van der Waals surface area contributed by atoms with E-state index in [1.807, 2.05) is 37.6 Å². The van der Waals surface area contributed by atoms with Crippen molar-refractivity contribution in [1.29, 1.82) is 0 Å². The summed E-state index contributed by atoms with van der Waals surface area (Å²) in [5, 5.41) is 11.9. The molecule has 1 saturated heterocycles. The monoisotopic (exact) mass is 443 g/mol. The molecule has 0 aliphatic carbocycles. The first kappa shape index (κ1) is 24.0. The molecule has 1 fully saturated rings. The van der Waals surface area contributed by atoms with Crippen LogP contribution in [0.5, 0.6) is 5.75 Å². The normalized spacial score (nSPS) is 15.1. The highest BCUT2D eigenvalue weighted by atomic mass is 16.5. The van der Waals surface area contributed by atoms with Crippen molar-refractivity contribution in [1.82, 2.24) is 29.9 Å². The number of ether oxygens (including phenoxy) is 2. The van der Waals surface area contributed by atoms with Crippen LogP contribution in [0.1, 0.15) is 30.6 Å². The summed E-state index contributed by atoms with van der Waals surface area (Å²) < 4.78 is 13.0. The maximum atomic E-state index is 5.55. The highest BCUT2D eigenvalue weighted by molar-refractivity contribution is 5.79. The smallest absolute Gasteiger partial charge is 0.194 e. The number of guanidine groups is 1. The fraction of sp³-hybridized carbons (Fsp3) is 0.609. The second-order valence-electron chi connectivity index (χ2n) is 8.03. The zero-order valence-electron chi connectivity index (χ0n) is 19.9. The summed E-state index contributed by atoms with van der Waals surface area (Å²) in [6.45, 7) is 11.5. The molecule has 1 aromatic heterocycles. The Labute approximate surface area is 191 Å². The van der Waals surface area contributed by atoms with E-state index in [1.54, 1.807) is 0 Å². The van der Waals surface area contributed by atoms with Crippen LogP contribution in [0.4, 0.5) is 0 Å². The average molecular weight is 444 g/mol. The van der Waals surface area contributed by atoms with Crippen LogP contribution in [0.25, 0.3) is 0 Å². The van der Waals surface area contributed by atoms with Gasteiger partial charge in [0.05, 0.1) is 19.8 Å². The van der Waals surface area contributed by atoms with Crippen molar-refractivity contribution in [3.8, 4) is 5.75 Å². The molecule has 176 valence electrons. The SMILES string of the molecule is CCOc1ccc(CN(C)C(=NCc2nnc(C)n2C)NCCCN2CCOCC2)cc1. The number of benzene rings is 1. The maximum Gasteiger partial charge on any atom is 0.194 e. The number of hydrogen-bond donors (Lipinski definition) is 1. The van der Waals surface area contributed by atoms with Gasteiger partial charge in [0.25, 0.3) is 0 Å². The van der Waals surface area contributed by atoms with E-state index >= 15 is 0 Å². The third-order valence-electron chi connectivity index (χ3n) is 5.61. The predicted molar refractivity (Wildman–Crippen MR) is 126 cm³/mol. The molecule has 3 rings (SSSR count). The Bertz CT molecular complexity index is 845. The fourth-order valence-electron chi connectivity index (χ4n) is 3.58. The molecule has 0 unspecified atom stereocenters. The molecular weight excluding hydrogens is 406 g/mol. The summed E-state index contributed by atoms with van der Waals surface area (Å²) in [6.07, 6.45) is 1.05. The van der Waals surface area contributed by atoms with Crippen molar-refractivity contribution >= 4 is 5.96 Å². The van der Waals surface area contributed by atoms with Crippen LogP contribution in [0.15, 0.2) is 29.3 Å². The molecular formula is C23H37N7O2. The quantitative estimate of drug-likeness (QED) is 0.341. The van der Waals surface area contributed by atoms with Gasteiger partial charge in [-0.25, -0.2) is 4.99 Å². The number of rotatable bonds is 10. The first-order chi connectivity index (χ1) is 15.6. The summed E-state index contributed by atoms with van der Waals surface area (Å²) in [6, 6.07) is 8.23. The van der Waals surface area contributed by atoms with Gasteiger partial charge in [-0.05, 0) is 44.5 Å². The van der Waals surface area contributed by atoms with Gasteiger partial charge in [-0.3, -0.25) is 4.90 Å². The second-order valence-corrected chi connectivity index (χ2v) is 8.03. The fourth-order valence-corrected chi connectivity index (χ4v) is 3.58. The summed E-state index contributed by atoms with van der Waals surface area (Å²) in [5.74, 6) is 3.50. The van der Waals surface area contributed by atoms with Gasteiger partial charge in [-0.15, -0.1) is 10.2 Å². The minimum atomic E-state index is 0.483. The van der Waals surface area contributed by atoms with Crippen LogP contribution in [0.2, 0.25) is 0 Å². The minimum absolute atomic E-state index is 0.483. The van der Waals surface area contributed by atoms with Crippen molar-refractivity contribution in [2.24, 2.45) is 12.0 Å². The number of nitrogens with zero attached hydrogens (tertiary/aromatic N) is 6. The first-order valence-electron chi connectivity index (χ1n) is 11.4. The third-order valence-corrected chi connectivity index (χ3v) is 5.61. The molecule has 0 spiro atoms. The molecule has 1 aliphatic rings. The Morgan fingerprint density at radius 1 is 1.22 bits per heavy atom. The number of aliphatic imine (C=N–C) groups is 1. The summed E-state index contributed by atoms with van der Waals surface area (Å²) in [4.78, 5) is 9.44. The molecule has 0 atom stereocenters. The van der Waals surface area contributed by atoms with E-state index in [0.29, 0.717) is 13.2 Å². The van der Waals surface area contributed by atoms with E-state index in [1.165, 1.54) is 5.56 Å². The van der Waals surface area contributed by atoms with Crippen molar-refractivity contribution in [3.63, 3.8) is 0 Å². The van der Waals surface area contributed by atoms with E-state index in [4.69, 9.17) is 14.5 Å². The standard InChI is InChI=1S/C23H37N7O2/c1-5-32-21-9-7-20(8-10-21)18-28(3)23(25-17-22-27-26-19(2)29(22)4)24-11-6-12-30-13-15-31-16-14-30/h7-10H,5-6,11-18H2,1-4H3,(H,24,25). The van der Waals surface area contributed by atoms with Gasteiger partial charge in [-0.2, -0.15) is 0 Å². The number of aromatic nitrogens is 3. The lowest BCUT2D eigenvalue weighted by molar-refractivity contribution is 0.0375. The molecule has 1 N–H and O–H groups in total. The first-order valence-corrected chi connectivity index (χ1v) is 11.4. The minimum Gasteiger partial charge on any atom is -0.494 e. The number of aryl methyl sites for hydroxylation is 1. The zero-order chi connectivity index (χ0) is 22.8. The number of nitrogens with one attached hydrogen (secondary N) is 1. The highest BCUT2D eigenvalue weighted by Gasteiger charge is 2.12. The molecule has 0 saturated carbocycles. The Morgan fingerprint density at radius 2 is 1.97 bits per heavy atom. The van der Waals surface area contributed by atoms with Gasteiger partial charge in [-0.1, -0.05) is 12.1 Å². The molecule has 32 heavy (non-hydrogen) atoms. The van der Waals surface area contributed by atoms with Crippen LogP contribution in [-0.2, 0) is 24.9 Å². The van der Waals surface area contributed by atoms with Gasteiger partial charge in [0.1, 0.15) is 18.1 Å². The Hall–Kier alpha value is -2.65. The number of morpholine rings is 1.